The molecule has 1 saturated heterocycles. The van der Waals surface area contributed by atoms with Crippen molar-refractivity contribution in [2.75, 3.05) is 18.4 Å². The minimum absolute atomic E-state index is 0.0342. The molecule has 0 atom stereocenters. The van der Waals surface area contributed by atoms with Crippen LogP contribution in [0.4, 0.5) is 10.5 Å². The molecule has 0 unspecified atom stereocenters. The molecule has 3 aromatic rings. The van der Waals surface area contributed by atoms with Crippen molar-refractivity contribution in [2.45, 2.75) is 24.8 Å². The fraction of sp³-hybridized carbons (Fsp3) is 0.231. The molecule has 1 spiro atoms. The lowest BCUT2D eigenvalue weighted by Gasteiger charge is -2.45. The van der Waals surface area contributed by atoms with E-state index in [0.29, 0.717) is 49.3 Å². The first-order valence-electron chi connectivity index (χ1n) is 11.1. The van der Waals surface area contributed by atoms with Gasteiger partial charge in [0.2, 0.25) is 11.7 Å². The van der Waals surface area contributed by atoms with Crippen molar-refractivity contribution in [1.29, 1.82) is 0 Å². The molecule has 1 fully saturated rings. The number of fused-ring (bicyclic) bond motifs is 2. The zero-order chi connectivity index (χ0) is 22.8. The van der Waals surface area contributed by atoms with E-state index in [1.54, 1.807) is 53.6 Å². The number of carbonyl (C=O) groups excluding carboxylic acids is 3. The van der Waals surface area contributed by atoms with Gasteiger partial charge in [0, 0.05) is 30.5 Å². The maximum Gasteiger partial charge on any atom is 0.321 e. The lowest BCUT2D eigenvalue weighted by molar-refractivity contribution is -0.124. The first-order valence-corrected chi connectivity index (χ1v) is 11.1. The standard InChI is InChI=1S/C26H24N4O3/c31-23-17-19-5-1-2-6-21(19)26(29-23)12-15-30(16-13-26)25(33)28-20-10-8-18(9-11-20)24(32)22-7-3-4-14-27-22/h1-11,14H,12-13,15-17H2,(H,28,33)(H,29,31). The van der Waals surface area contributed by atoms with Crippen LogP contribution in [0, 0.1) is 0 Å². The molecule has 3 heterocycles. The molecule has 0 saturated carbocycles. The van der Waals surface area contributed by atoms with Gasteiger partial charge in [0.15, 0.2) is 0 Å². The topological polar surface area (TPSA) is 91.4 Å². The average Bonchev–Trinajstić information content (AvgIpc) is 2.85. The fourth-order valence-corrected chi connectivity index (χ4v) is 4.73. The van der Waals surface area contributed by atoms with Gasteiger partial charge >= 0.3 is 6.03 Å². The van der Waals surface area contributed by atoms with E-state index in [2.05, 4.69) is 21.7 Å². The Kier molecular flexibility index (Phi) is 5.38. The second kappa shape index (κ2) is 8.50. The Morgan fingerprint density at radius 3 is 2.39 bits per heavy atom. The van der Waals surface area contributed by atoms with Crippen molar-refractivity contribution >= 4 is 23.4 Å². The first kappa shape index (κ1) is 20.9. The minimum Gasteiger partial charge on any atom is -0.346 e. The molecule has 2 aliphatic heterocycles. The van der Waals surface area contributed by atoms with Gasteiger partial charge in [-0.2, -0.15) is 0 Å². The van der Waals surface area contributed by atoms with E-state index < -0.39 is 5.54 Å². The van der Waals surface area contributed by atoms with Crippen LogP contribution in [0.1, 0.15) is 40.0 Å². The number of likely N-dealkylation sites (tertiary alicyclic amines) is 1. The van der Waals surface area contributed by atoms with Gasteiger partial charge in [-0.05, 0) is 60.4 Å². The predicted octanol–water partition coefficient (Wildman–Crippen LogP) is 3.51. The number of anilines is 1. The number of pyridine rings is 1. The third kappa shape index (κ3) is 4.09. The van der Waals surface area contributed by atoms with Gasteiger partial charge in [-0.25, -0.2) is 4.79 Å². The highest BCUT2D eigenvalue weighted by Gasteiger charge is 2.42. The zero-order valence-corrected chi connectivity index (χ0v) is 18.1. The summed E-state index contributed by atoms with van der Waals surface area (Å²) in [6, 6.07) is 19.9. The van der Waals surface area contributed by atoms with Crippen LogP contribution >= 0.6 is 0 Å². The molecule has 7 nitrogen and oxygen atoms in total. The van der Waals surface area contributed by atoms with Crippen LogP contribution in [0.2, 0.25) is 0 Å². The second-order valence-electron chi connectivity index (χ2n) is 8.50. The summed E-state index contributed by atoms with van der Waals surface area (Å²) < 4.78 is 0. The Bertz CT molecular complexity index is 1200. The van der Waals surface area contributed by atoms with Crippen molar-refractivity contribution in [2.24, 2.45) is 0 Å². The van der Waals surface area contributed by atoms with Gasteiger partial charge in [0.1, 0.15) is 5.69 Å². The number of amides is 3. The van der Waals surface area contributed by atoms with E-state index in [9.17, 15) is 14.4 Å². The number of nitrogens with zero attached hydrogens (tertiary/aromatic N) is 2. The second-order valence-corrected chi connectivity index (χ2v) is 8.50. The van der Waals surface area contributed by atoms with E-state index in [1.807, 2.05) is 18.2 Å². The van der Waals surface area contributed by atoms with Gasteiger partial charge in [-0.3, -0.25) is 14.6 Å². The maximum atomic E-state index is 12.8. The van der Waals surface area contributed by atoms with Crippen LogP contribution in [0.5, 0.6) is 0 Å². The number of hydrogen-bond acceptors (Lipinski definition) is 4. The van der Waals surface area contributed by atoms with Crippen LogP contribution < -0.4 is 10.6 Å². The van der Waals surface area contributed by atoms with E-state index in [1.165, 1.54) is 0 Å². The summed E-state index contributed by atoms with van der Waals surface area (Å²) in [5.41, 5.74) is 3.34. The minimum atomic E-state index is -0.407. The van der Waals surface area contributed by atoms with Crippen molar-refractivity contribution in [1.82, 2.24) is 15.2 Å². The lowest BCUT2D eigenvalue weighted by atomic mass is 9.76. The Labute approximate surface area is 191 Å². The van der Waals surface area contributed by atoms with Crippen LogP contribution in [0.25, 0.3) is 0 Å². The summed E-state index contributed by atoms with van der Waals surface area (Å²) in [4.78, 5) is 43.5. The molecule has 3 amide bonds. The quantitative estimate of drug-likeness (QED) is 0.610. The van der Waals surface area contributed by atoms with Crippen LogP contribution in [-0.2, 0) is 16.8 Å². The number of piperidine rings is 1. The molecule has 2 aromatic carbocycles. The number of hydrogen-bond donors (Lipinski definition) is 2. The van der Waals surface area contributed by atoms with Crippen molar-refractivity contribution in [3.05, 3.63) is 95.3 Å². The number of rotatable bonds is 3. The molecule has 33 heavy (non-hydrogen) atoms. The summed E-state index contributed by atoms with van der Waals surface area (Å²) in [7, 11) is 0. The SMILES string of the molecule is O=C1Cc2ccccc2C2(CCN(C(=O)Nc3ccc(C(=O)c4ccccn4)cc3)CC2)N1. The summed E-state index contributed by atoms with van der Waals surface area (Å²) in [5.74, 6) is -0.128. The molecule has 0 aliphatic carbocycles. The molecule has 0 bridgehead atoms. The molecule has 7 heteroatoms. The molecule has 2 aliphatic rings. The lowest BCUT2D eigenvalue weighted by Crippen LogP contribution is -2.57. The number of ketones is 1. The number of benzene rings is 2. The van der Waals surface area contributed by atoms with Crippen molar-refractivity contribution in [3.63, 3.8) is 0 Å². The van der Waals surface area contributed by atoms with E-state index in [4.69, 9.17) is 0 Å². The first-order chi connectivity index (χ1) is 16.0. The van der Waals surface area contributed by atoms with E-state index in [-0.39, 0.29) is 17.7 Å². The number of nitrogens with one attached hydrogen (secondary N) is 2. The number of urea groups is 1. The van der Waals surface area contributed by atoms with Gasteiger partial charge < -0.3 is 15.5 Å². The third-order valence-corrected chi connectivity index (χ3v) is 6.46. The maximum absolute atomic E-state index is 12.8. The molecule has 5 rings (SSSR count). The average molecular weight is 441 g/mol. The van der Waals surface area contributed by atoms with Gasteiger partial charge in [-0.1, -0.05) is 30.3 Å². The number of aromatic nitrogens is 1. The summed E-state index contributed by atoms with van der Waals surface area (Å²) >= 11 is 0. The summed E-state index contributed by atoms with van der Waals surface area (Å²) in [6.07, 6.45) is 3.32. The van der Waals surface area contributed by atoms with E-state index in [0.717, 1.165) is 11.1 Å². The Balaban J connectivity index is 1.23. The highest BCUT2D eigenvalue weighted by molar-refractivity contribution is 6.07. The Morgan fingerprint density at radius 1 is 0.939 bits per heavy atom. The van der Waals surface area contributed by atoms with Crippen LogP contribution in [0.15, 0.2) is 72.9 Å². The molecule has 1 aromatic heterocycles. The summed E-state index contributed by atoms with van der Waals surface area (Å²) in [5, 5.41) is 6.10. The molecular weight excluding hydrogens is 416 g/mol. The van der Waals surface area contributed by atoms with Crippen molar-refractivity contribution < 1.29 is 14.4 Å². The largest absolute Gasteiger partial charge is 0.346 e. The van der Waals surface area contributed by atoms with Gasteiger partial charge in [0.25, 0.3) is 0 Å². The normalized spacial score (nSPS) is 16.6. The third-order valence-electron chi connectivity index (χ3n) is 6.46. The monoisotopic (exact) mass is 440 g/mol. The molecular formula is C26H24N4O3. The van der Waals surface area contributed by atoms with Crippen molar-refractivity contribution in [3.8, 4) is 0 Å². The van der Waals surface area contributed by atoms with Crippen LogP contribution in [-0.4, -0.2) is 40.7 Å². The summed E-state index contributed by atoms with van der Waals surface area (Å²) in [6.45, 7) is 1.08. The van der Waals surface area contributed by atoms with Crippen LogP contribution in [0.3, 0.4) is 0 Å². The van der Waals surface area contributed by atoms with Gasteiger partial charge in [-0.15, -0.1) is 0 Å². The molecule has 2 N–H and O–H groups in total. The Morgan fingerprint density at radius 2 is 1.67 bits per heavy atom. The van der Waals surface area contributed by atoms with Gasteiger partial charge in [0.05, 0.1) is 12.0 Å². The fourth-order valence-electron chi connectivity index (χ4n) is 4.73. The highest BCUT2D eigenvalue weighted by Crippen LogP contribution is 2.37. The predicted molar refractivity (Wildman–Crippen MR) is 124 cm³/mol. The smallest absolute Gasteiger partial charge is 0.321 e. The van der Waals surface area contributed by atoms with E-state index >= 15 is 0 Å². The highest BCUT2D eigenvalue weighted by atomic mass is 16.2. The number of carbonyl (C=O) groups is 3. The molecule has 166 valence electrons. The Hall–Kier alpha value is -4.00. The molecule has 0 radical (unpaired) electrons. The zero-order valence-electron chi connectivity index (χ0n) is 18.1.